The van der Waals surface area contributed by atoms with Gasteiger partial charge >= 0.3 is 0 Å². The molecule has 7 nitrogen and oxygen atoms in total. The Bertz CT molecular complexity index is 1290. The van der Waals surface area contributed by atoms with Gasteiger partial charge < -0.3 is 46.8 Å². The zero-order chi connectivity index (χ0) is 21.2. The molecule has 1 aliphatic rings. The van der Waals surface area contributed by atoms with E-state index in [-0.39, 0.29) is 29.3 Å². The van der Waals surface area contributed by atoms with E-state index in [0.29, 0.717) is 0 Å². The lowest BCUT2D eigenvalue weighted by molar-refractivity contribution is -0.774. The van der Waals surface area contributed by atoms with E-state index in [1.807, 2.05) is 29.1 Å². The van der Waals surface area contributed by atoms with E-state index in [0.717, 1.165) is 43.7 Å². The molecule has 31 heavy (non-hydrogen) atoms. The summed E-state index contributed by atoms with van der Waals surface area (Å²) in [4.78, 5) is 3.49. The number of nitrogens with zero attached hydrogens (tertiary/aromatic N) is 1. The Morgan fingerprint density at radius 1 is 1.10 bits per heavy atom. The Morgan fingerprint density at radius 3 is 2.61 bits per heavy atom. The van der Waals surface area contributed by atoms with Crippen molar-refractivity contribution in [3.63, 3.8) is 0 Å². The van der Waals surface area contributed by atoms with Crippen molar-refractivity contribution in [2.45, 2.75) is 38.4 Å². The van der Waals surface area contributed by atoms with E-state index in [1.165, 1.54) is 7.11 Å². The lowest BCUT2D eigenvalue weighted by Gasteiger charge is -2.33. The quantitative estimate of drug-likeness (QED) is 0.281. The number of phenols is 1. The van der Waals surface area contributed by atoms with Crippen LogP contribution in [0.4, 0.5) is 0 Å². The highest BCUT2D eigenvalue weighted by atomic mass is 79.9. The van der Waals surface area contributed by atoms with Crippen LogP contribution in [0, 0.1) is 13.8 Å². The minimum Gasteiger partial charge on any atom is -1.00 e. The molecular formula is C23H25BrN2O5. The van der Waals surface area contributed by atoms with Crippen molar-refractivity contribution in [2.75, 3.05) is 13.7 Å². The number of phenolic OH excluding ortho intramolecular Hbond substituents is 1. The summed E-state index contributed by atoms with van der Waals surface area (Å²) in [5, 5.41) is 34.5. The second kappa shape index (κ2) is 8.03. The van der Waals surface area contributed by atoms with Crippen molar-refractivity contribution < 1.29 is 46.3 Å². The van der Waals surface area contributed by atoms with Crippen LogP contribution in [0.5, 0.6) is 5.75 Å². The molecule has 0 unspecified atom stereocenters. The van der Waals surface area contributed by atoms with Crippen molar-refractivity contribution in [3.05, 3.63) is 47.8 Å². The lowest BCUT2D eigenvalue weighted by Crippen LogP contribution is -3.00. The molecule has 1 fully saturated rings. The number of hydrogen-bond acceptors (Lipinski definition) is 5. The fourth-order valence-corrected chi connectivity index (χ4v) is 4.71. The molecule has 1 saturated heterocycles. The van der Waals surface area contributed by atoms with Crippen molar-refractivity contribution in [2.24, 2.45) is 0 Å². The van der Waals surface area contributed by atoms with Crippen LogP contribution >= 0.6 is 0 Å². The van der Waals surface area contributed by atoms with Crippen LogP contribution < -0.4 is 21.5 Å². The Morgan fingerprint density at radius 2 is 1.87 bits per heavy atom. The summed E-state index contributed by atoms with van der Waals surface area (Å²) in [5.41, 5.74) is 4.24. The molecule has 164 valence electrons. The van der Waals surface area contributed by atoms with Gasteiger partial charge in [0.15, 0.2) is 18.5 Å². The third-order valence-electron chi connectivity index (χ3n) is 6.34. The first-order chi connectivity index (χ1) is 14.4. The van der Waals surface area contributed by atoms with Gasteiger partial charge in [-0.1, -0.05) is 0 Å². The number of fused-ring (bicyclic) bond motifs is 4. The monoisotopic (exact) mass is 488 g/mol. The smallest absolute Gasteiger partial charge is 0.291 e. The zero-order valence-electron chi connectivity index (χ0n) is 17.5. The highest BCUT2D eigenvalue weighted by molar-refractivity contribution is 6.16. The van der Waals surface area contributed by atoms with Gasteiger partial charge in [-0.05, 0) is 48.6 Å². The molecule has 2 aromatic carbocycles. The molecule has 0 bridgehead atoms. The summed E-state index contributed by atoms with van der Waals surface area (Å²) in [7, 11) is 1.50. The summed E-state index contributed by atoms with van der Waals surface area (Å²) in [5.74, 6) is 0.231. The lowest BCUT2D eigenvalue weighted by atomic mass is 9.96. The van der Waals surface area contributed by atoms with Crippen molar-refractivity contribution in [1.29, 1.82) is 0 Å². The number of hydrogen-bond donors (Lipinski definition) is 4. The predicted octanol–water partition coefficient (Wildman–Crippen LogP) is -0.646. The molecule has 0 aliphatic carbocycles. The predicted molar refractivity (Wildman–Crippen MR) is 112 cm³/mol. The molecule has 8 heteroatoms. The molecule has 0 spiro atoms. The van der Waals surface area contributed by atoms with E-state index < -0.39 is 24.5 Å². The number of aryl methyl sites for hydroxylation is 2. The summed E-state index contributed by atoms with van der Waals surface area (Å²) in [6.45, 7) is 4.19. The minimum absolute atomic E-state index is 0. The summed E-state index contributed by atoms with van der Waals surface area (Å²) < 4.78 is 13.1. The molecule has 1 aliphatic heterocycles. The van der Waals surface area contributed by atoms with Crippen LogP contribution in [0.15, 0.2) is 36.7 Å². The van der Waals surface area contributed by atoms with E-state index in [4.69, 9.17) is 9.47 Å². The molecule has 4 aromatic rings. The van der Waals surface area contributed by atoms with Gasteiger partial charge in [0.25, 0.3) is 6.23 Å². The van der Waals surface area contributed by atoms with Gasteiger partial charge in [0.1, 0.15) is 18.0 Å². The fraction of sp³-hybridized carbons (Fsp3) is 0.348. The maximum atomic E-state index is 10.3. The minimum atomic E-state index is -1.03. The number of rotatable bonds is 2. The van der Waals surface area contributed by atoms with Crippen LogP contribution in [0.3, 0.4) is 0 Å². The SMILES string of the molecule is CO[C@@H]1[C@@H](O)[C@@H](O)CO[C@H]1[n+]1ccc2c(C)c3[nH]c4ccc(O)cc4c3c(C)c2c1.[Br-]. The number of aromatic nitrogens is 2. The Hall–Kier alpha value is -2.23. The summed E-state index contributed by atoms with van der Waals surface area (Å²) in [6.07, 6.45) is 0.663. The highest BCUT2D eigenvalue weighted by Crippen LogP contribution is 2.37. The second-order valence-electron chi connectivity index (χ2n) is 8.06. The molecule has 0 radical (unpaired) electrons. The number of benzene rings is 2. The second-order valence-corrected chi connectivity index (χ2v) is 8.06. The number of aromatic amines is 1. The van der Waals surface area contributed by atoms with Gasteiger partial charge in [-0.15, -0.1) is 0 Å². The van der Waals surface area contributed by atoms with Crippen LogP contribution in [0.1, 0.15) is 17.4 Å². The number of halogens is 1. The summed E-state index contributed by atoms with van der Waals surface area (Å²) >= 11 is 0. The van der Waals surface area contributed by atoms with Crippen molar-refractivity contribution in [3.8, 4) is 5.75 Å². The van der Waals surface area contributed by atoms with E-state index >= 15 is 0 Å². The average molecular weight is 489 g/mol. The van der Waals surface area contributed by atoms with Gasteiger partial charge in [-0.2, -0.15) is 4.57 Å². The number of aliphatic hydroxyl groups excluding tert-OH is 2. The molecular weight excluding hydrogens is 464 g/mol. The maximum Gasteiger partial charge on any atom is 0.291 e. The third-order valence-corrected chi connectivity index (χ3v) is 6.34. The van der Waals surface area contributed by atoms with E-state index in [9.17, 15) is 15.3 Å². The first-order valence-corrected chi connectivity index (χ1v) is 9.99. The first-order valence-electron chi connectivity index (χ1n) is 9.99. The molecule has 3 heterocycles. The first kappa shape index (κ1) is 22.0. The van der Waals surface area contributed by atoms with Crippen LogP contribution in [-0.2, 0) is 9.47 Å². The number of nitrogens with one attached hydrogen (secondary N) is 1. The van der Waals surface area contributed by atoms with Crippen LogP contribution in [0.2, 0.25) is 0 Å². The fourth-order valence-electron chi connectivity index (χ4n) is 4.71. The van der Waals surface area contributed by atoms with Crippen molar-refractivity contribution in [1.82, 2.24) is 4.98 Å². The van der Waals surface area contributed by atoms with Crippen LogP contribution in [0.25, 0.3) is 32.6 Å². The van der Waals surface area contributed by atoms with Gasteiger partial charge in [0.05, 0.1) is 12.1 Å². The number of aromatic hydroxyl groups is 1. The standard InChI is InChI=1S/C23H24N2O5.BrH/c1-11-16-9-25(23-22(29-3)21(28)18(27)10-30-23)7-6-14(16)12(2)20-19(11)15-8-13(26)4-5-17(15)24-20;/h4-9,18,21-23,26-28H,10H2,1-3H3;1H/t18-,21-,22+,23+;/m0./s1. The Balaban J connectivity index is 0.00000231. The molecule has 5 rings (SSSR count). The number of ether oxygens (including phenoxy) is 2. The highest BCUT2D eigenvalue weighted by Gasteiger charge is 2.44. The Labute approximate surface area is 189 Å². The topological polar surface area (TPSA) is 98.8 Å². The number of H-pyrrole nitrogens is 1. The molecule has 4 atom stereocenters. The van der Waals surface area contributed by atoms with Gasteiger partial charge in [-0.3, -0.25) is 0 Å². The third kappa shape index (κ3) is 3.30. The maximum absolute atomic E-state index is 10.3. The number of pyridine rings is 1. The van der Waals surface area contributed by atoms with Gasteiger partial charge in [0.2, 0.25) is 0 Å². The molecule has 0 saturated carbocycles. The normalized spacial score (nSPS) is 24.0. The Kier molecular flexibility index (Phi) is 5.70. The average Bonchev–Trinajstić information content (AvgIpc) is 3.12. The molecule has 2 aromatic heterocycles. The summed E-state index contributed by atoms with van der Waals surface area (Å²) in [6, 6.07) is 7.39. The van der Waals surface area contributed by atoms with Gasteiger partial charge in [0, 0.05) is 34.9 Å². The molecule has 0 amide bonds. The number of aliphatic hydroxyl groups is 2. The molecule has 4 N–H and O–H groups in total. The van der Waals surface area contributed by atoms with Crippen molar-refractivity contribution >= 4 is 32.6 Å². The number of methoxy groups -OCH3 is 1. The largest absolute Gasteiger partial charge is 1.00 e. The van der Waals surface area contributed by atoms with Crippen LogP contribution in [-0.4, -0.2) is 52.3 Å². The zero-order valence-corrected chi connectivity index (χ0v) is 19.0. The van der Waals surface area contributed by atoms with E-state index in [2.05, 4.69) is 18.8 Å². The van der Waals surface area contributed by atoms with E-state index in [1.54, 1.807) is 12.1 Å². The van der Waals surface area contributed by atoms with Gasteiger partial charge in [-0.25, -0.2) is 0 Å².